The van der Waals surface area contributed by atoms with Crippen LogP contribution in [0.15, 0.2) is 30.5 Å². The summed E-state index contributed by atoms with van der Waals surface area (Å²) in [7, 11) is 0. The van der Waals surface area contributed by atoms with Crippen molar-refractivity contribution in [1.29, 1.82) is 5.26 Å². The van der Waals surface area contributed by atoms with E-state index in [2.05, 4.69) is 10.2 Å². The second kappa shape index (κ2) is 7.99. The van der Waals surface area contributed by atoms with Gasteiger partial charge in [-0.1, -0.05) is 36.0 Å². The third kappa shape index (κ3) is 4.43. The zero-order valence-electron chi connectivity index (χ0n) is 11.5. The van der Waals surface area contributed by atoms with E-state index in [1.54, 1.807) is 6.20 Å². The van der Waals surface area contributed by atoms with E-state index in [9.17, 15) is 0 Å². The highest BCUT2D eigenvalue weighted by Gasteiger charge is 2.18. The largest absolute Gasteiger partial charge is 0.378 e. The van der Waals surface area contributed by atoms with Crippen LogP contribution in [-0.2, 0) is 4.74 Å². The molecule has 0 aliphatic carbocycles. The first-order valence-corrected chi connectivity index (χ1v) is 7.44. The maximum atomic E-state index is 8.65. The highest BCUT2D eigenvalue weighted by molar-refractivity contribution is 7.81. The molecule has 1 aliphatic rings. The number of thiocarbonyl (C=S) groups is 1. The summed E-state index contributed by atoms with van der Waals surface area (Å²) in [5.41, 5.74) is 1.86. The summed E-state index contributed by atoms with van der Waals surface area (Å²) >= 11 is 11.5. The monoisotopic (exact) mass is 321 g/mol. The topological polar surface area (TPSA) is 48.3 Å². The smallest absolute Gasteiger partial charge is 0.111 e. The minimum atomic E-state index is 0.239. The lowest BCUT2D eigenvalue weighted by Gasteiger charge is -2.30. The molecule has 0 unspecified atom stereocenters. The number of hydrogen-bond donors (Lipinski definition) is 1. The molecule has 0 radical (unpaired) electrons. The van der Waals surface area contributed by atoms with Crippen molar-refractivity contribution in [2.45, 2.75) is 0 Å². The van der Waals surface area contributed by atoms with Gasteiger partial charge < -0.3 is 15.0 Å². The zero-order chi connectivity index (χ0) is 15.1. The van der Waals surface area contributed by atoms with Crippen molar-refractivity contribution in [1.82, 2.24) is 10.2 Å². The summed E-state index contributed by atoms with van der Waals surface area (Å²) in [6, 6.07) is 9.56. The number of halogens is 1. The van der Waals surface area contributed by atoms with Gasteiger partial charge in [-0.2, -0.15) is 5.26 Å². The average molecular weight is 322 g/mol. The van der Waals surface area contributed by atoms with Crippen LogP contribution in [0.5, 0.6) is 0 Å². The Labute approximate surface area is 134 Å². The van der Waals surface area contributed by atoms with Gasteiger partial charge in [0.2, 0.25) is 0 Å². The first-order chi connectivity index (χ1) is 10.2. The third-order valence-corrected chi connectivity index (χ3v) is 3.84. The number of morpholine rings is 1. The van der Waals surface area contributed by atoms with Crippen LogP contribution >= 0.6 is 23.8 Å². The molecule has 0 bridgehead atoms. The highest BCUT2D eigenvalue weighted by atomic mass is 35.5. The van der Waals surface area contributed by atoms with E-state index in [1.165, 1.54) is 0 Å². The van der Waals surface area contributed by atoms with Crippen molar-refractivity contribution in [3.63, 3.8) is 0 Å². The zero-order valence-corrected chi connectivity index (χ0v) is 13.1. The Bertz CT molecular complexity index is 559. The molecule has 0 atom stereocenters. The van der Waals surface area contributed by atoms with E-state index in [-0.39, 0.29) is 6.54 Å². The maximum Gasteiger partial charge on any atom is 0.111 e. The van der Waals surface area contributed by atoms with Crippen molar-refractivity contribution >= 4 is 34.4 Å². The average Bonchev–Trinajstić information content (AvgIpc) is 2.53. The van der Waals surface area contributed by atoms with Crippen molar-refractivity contribution in [3.8, 4) is 6.07 Å². The molecule has 4 nitrogen and oxygen atoms in total. The number of nitrogens with one attached hydrogen (secondary N) is 1. The molecule has 0 aromatic heterocycles. The van der Waals surface area contributed by atoms with Gasteiger partial charge in [-0.15, -0.1) is 0 Å². The van der Waals surface area contributed by atoms with Gasteiger partial charge in [0.15, 0.2) is 0 Å². The molecule has 1 aliphatic heterocycles. The number of rotatable bonds is 4. The van der Waals surface area contributed by atoms with E-state index < -0.39 is 0 Å². The summed E-state index contributed by atoms with van der Waals surface area (Å²) in [6.45, 7) is 3.16. The predicted molar refractivity (Wildman–Crippen MR) is 88.0 cm³/mol. The Kier molecular flexibility index (Phi) is 6.00. The van der Waals surface area contributed by atoms with Crippen molar-refractivity contribution in [2.24, 2.45) is 0 Å². The molecular formula is C15H16ClN3OS. The van der Waals surface area contributed by atoms with Crippen LogP contribution in [0.2, 0.25) is 5.02 Å². The standard InChI is InChI=1S/C15H16ClN3OS/c16-13-3-1-12(2-4-13)14(11-18-6-5-17)15(21)19-7-9-20-10-8-19/h1-4,11,18H,6-10H2/b14-11+. The molecule has 6 heteroatoms. The highest BCUT2D eigenvalue weighted by Crippen LogP contribution is 2.21. The van der Waals surface area contributed by atoms with Gasteiger partial charge in [0.1, 0.15) is 11.5 Å². The number of nitriles is 1. The quantitative estimate of drug-likeness (QED) is 0.399. The fourth-order valence-electron chi connectivity index (χ4n) is 2.03. The SMILES string of the molecule is N#CCN/C=C(/C(=S)N1CCOCC1)c1ccc(Cl)cc1. The molecular weight excluding hydrogens is 306 g/mol. The van der Waals surface area contributed by atoms with Gasteiger partial charge in [0, 0.05) is 29.9 Å². The van der Waals surface area contributed by atoms with Crippen LogP contribution in [0.4, 0.5) is 0 Å². The van der Waals surface area contributed by atoms with Crippen LogP contribution in [0.1, 0.15) is 5.56 Å². The normalized spacial score (nSPS) is 15.4. The van der Waals surface area contributed by atoms with Crippen LogP contribution in [0, 0.1) is 11.3 Å². The minimum absolute atomic E-state index is 0.239. The fourth-order valence-corrected chi connectivity index (χ4v) is 2.52. The van der Waals surface area contributed by atoms with Gasteiger partial charge >= 0.3 is 0 Å². The molecule has 1 N–H and O–H groups in total. The maximum absolute atomic E-state index is 8.65. The number of benzene rings is 1. The first kappa shape index (κ1) is 15.8. The molecule has 1 heterocycles. The molecule has 1 saturated heterocycles. The second-order valence-electron chi connectivity index (χ2n) is 4.51. The van der Waals surface area contributed by atoms with E-state index in [0.717, 1.165) is 29.2 Å². The van der Waals surface area contributed by atoms with Crippen LogP contribution in [-0.4, -0.2) is 42.7 Å². The van der Waals surface area contributed by atoms with Crippen LogP contribution in [0.25, 0.3) is 5.57 Å². The molecule has 21 heavy (non-hydrogen) atoms. The lowest BCUT2D eigenvalue weighted by Crippen LogP contribution is -2.40. The second-order valence-corrected chi connectivity index (χ2v) is 5.33. The van der Waals surface area contributed by atoms with Crippen LogP contribution < -0.4 is 5.32 Å². The summed E-state index contributed by atoms with van der Waals surface area (Å²) < 4.78 is 5.35. The predicted octanol–water partition coefficient (Wildman–Crippen LogP) is 2.45. The van der Waals surface area contributed by atoms with Crippen molar-refractivity contribution in [2.75, 3.05) is 32.8 Å². The van der Waals surface area contributed by atoms with Crippen molar-refractivity contribution < 1.29 is 4.74 Å². The summed E-state index contributed by atoms with van der Waals surface area (Å²) in [5.74, 6) is 0. The minimum Gasteiger partial charge on any atom is -0.378 e. The van der Waals surface area contributed by atoms with Gasteiger partial charge in [-0.25, -0.2) is 0 Å². The third-order valence-electron chi connectivity index (χ3n) is 3.11. The Morgan fingerprint density at radius 1 is 1.38 bits per heavy atom. The van der Waals surface area contributed by atoms with E-state index in [1.807, 2.05) is 30.3 Å². The van der Waals surface area contributed by atoms with Gasteiger partial charge in [0.25, 0.3) is 0 Å². The van der Waals surface area contributed by atoms with E-state index >= 15 is 0 Å². The fraction of sp³-hybridized carbons (Fsp3) is 0.333. The van der Waals surface area contributed by atoms with Crippen LogP contribution in [0.3, 0.4) is 0 Å². The number of ether oxygens (including phenoxy) is 1. The lowest BCUT2D eigenvalue weighted by atomic mass is 10.1. The Hall–Kier alpha value is -1.61. The Morgan fingerprint density at radius 3 is 2.67 bits per heavy atom. The van der Waals surface area contributed by atoms with Crippen molar-refractivity contribution in [3.05, 3.63) is 41.1 Å². The lowest BCUT2D eigenvalue weighted by molar-refractivity contribution is 0.0696. The first-order valence-electron chi connectivity index (χ1n) is 6.66. The summed E-state index contributed by atoms with van der Waals surface area (Å²) in [5, 5.41) is 12.3. The Morgan fingerprint density at radius 2 is 2.05 bits per heavy atom. The number of hydrogen-bond acceptors (Lipinski definition) is 4. The number of nitrogens with zero attached hydrogens (tertiary/aromatic N) is 2. The summed E-state index contributed by atoms with van der Waals surface area (Å²) in [6.07, 6.45) is 1.80. The molecule has 2 rings (SSSR count). The summed E-state index contributed by atoms with van der Waals surface area (Å²) in [4.78, 5) is 2.87. The Balaban J connectivity index is 2.22. The van der Waals surface area contributed by atoms with E-state index in [0.29, 0.717) is 18.2 Å². The molecule has 0 saturated carbocycles. The molecule has 0 spiro atoms. The van der Waals surface area contributed by atoms with E-state index in [4.69, 9.17) is 33.8 Å². The molecule has 110 valence electrons. The molecule has 1 aromatic rings. The van der Waals surface area contributed by atoms with Gasteiger partial charge in [0.05, 0.1) is 19.3 Å². The molecule has 1 fully saturated rings. The van der Waals surface area contributed by atoms with Gasteiger partial charge in [-0.05, 0) is 17.7 Å². The molecule has 0 amide bonds. The molecule has 1 aromatic carbocycles. The van der Waals surface area contributed by atoms with Gasteiger partial charge in [-0.3, -0.25) is 0 Å².